The molecule has 2 aromatic heterocycles. The van der Waals surface area contributed by atoms with E-state index in [4.69, 9.17) is 10.2 Å². The minimum absolute atomic E-state index is 0. The summed E-state index contributed by atoms with van der Waals surface area (Å²) in [5, 5.41) is 0.729. The normalized spacial score (nSPS) is 17.4. The molecule has 8 heteroatoms. The number of aromatic nitrogens is 1. The van der Waals surface area contributed by atoms with E-state index in [0.717, 1.165) is 18.0 Å². The zero-order valence-electron chi connectivity index (χ0n) is 10.5. The van der Waals surface area contributed by atoms with Gasteiger partial charge in [-0.1, -0.05) is 0 Å². The van der Waals surface area contributed by atoms with Crippen LogP contribution in [0.5, 0.6) is 0 Å². The number of hydrogen-bond acceptors (Lipinski definition) is 5. The van der Waals surface area contributed by atoms with Crippen LogP contribution in [0.25, 0.3) is 10.8 Å². The largest absolute Gasteiger partial charge is 0.462 e. The third-order valence-corrected chi connectivity index (χ3v) is 3.96. The predicted molar refractivity (Wildman–Crippen MR) is 82.8 cm³/mol. The van der Waals surface area contributed by atoms with Crippen molar-refractivity contribution in [3.8, 4) is 10.8 Å². The van der Waals surface area contributed by atoms with Gasteiger partial charge < -0.3 is 15.1 Å². The number of carbonyl (C=O) groups excluding carboxylic acids is 1. The van der Waals surface area contributed by atoms with E-state index in [1.54, 1.807) is 23.4 Å². The number of rotatable bonds is 2. The van der Waals surface area contributed by atoms with Crippen LogP contribution in [-0.4, -0.2) is 34.9 Å². The molecule has 1 saturated heterocycles. The minimum atomic E-state index is 0. The molecule has 2 aromatic rings. The highest BCUT2D eigenvalue weighted by Gasteiger charge is 2.26. The summed E-state index contributed by atoms with van der Waals surface area (Å²) in [7, 11) is 0. The van der Waals surface area contributed by atoms with E-state index in [0.29, 0.717) is 17.2 Å². The molecule has 0 radical (unpaired) electrons. The number of amides is 1. The fourth-order valence-electron chi connectivity index (χ4n) is 2.01. The van der Waals surface area contributed by atoms with Crippen LogP contribution in [-0.2, 0) is 0 Å². The van der Waals surface area contributed by atoms with Crippen molar-refractivity contribution in [2.24, 2.45) is 5.73 Å². The average molecular weight is 336 g/mol. The zero-order chi connectivity index (χ0) is 12.5. The van der Waals surface area contributed by atoms with Crippen molar-refractivity contribution in [3.05, 3.63) is 29.5 Å². The molecule has 20 heavy (non-hydrogen) atoms. The molecule has 1 atom stereocenters. The Morgan fingerprint density at radius 2 is 2.30 bits per heavy atom. The van der Waals surface area contributed by atoms with Crippen molar-refractivity contribution in [1.29, 1.82) is 0 Å². The molecule has 0 spiro atoms. The van der Waals surface area contributed by atoms with E-state index in [2.05, 4.69) is 4.98 Å². The number of carbonyl (C=O) groups is 1. The van der Waals surface area contributed by atoms with Crippen molar-refractivity contribution < 1.29 is 9.21 Å². The van der Waals surface area contributed by atoms with Gasteiger partial charge in [0.2, 0.25) is 0 Å². The first-order chi connectivity index (χ1) is 8.74. The van der Waals surface area contributed by atoms with Crippen molar-refractivity contribution in [3.63, 3.8) is 0 Å². The van der Waals surface area contributed by atoms with E-state index in [1.807, 2.05) is 6.07 Å². The Kier molecular flexibility index (Phi) is 6.01. The third-order valence-electron chi connectivity index (χ3n) is 2.96. The number of likely N-dealkylation sites (tertiary alicyclic amines) is 1. The molecule has 3 rings (SSSR count). The smallest absolute Gasteiger partial charge is 0.265 e. The molecule has 0 saturated carbocycles. The van der Waals surface area contributed by atoms with Crippen LogP contribution in [0.15, 0.2) is 29.0 Å². The van der Waals surface area contributed by atoms with Gasteiger partial charge in [0.25, 0.3) is 5.91 Å². The van der Waals surface area contributed by atoms with Crippen molar-refractivity contribution in [1.82, 2.24) is 9.88 Å². The van der Waals surface area contributed by atoms with Crippen LogP contribution in [0.2, 0.25) is 0 Å². The van der Waals surface area contributed by atoms with E-state index >= 15 is 0 Å². The monoisotopic (exact) mass is 335 g/mol. The summed E-state index contributed by atoms with van der Waals surface area (Å²) in [6.07, 6.45) is 4.07. The van der Waals surface area contributed by atoms with Crippen LogP contribution in [0.1, 0.15) is 16.1 Å². The van der Waals surface area contributed by atoms with Gasteiger partial charge >= 0.3 is 0 Å². The van der Waals surface area contributed by atoms with Gasteiger partial charge in [0, 0.05) is 19.1 Å². The molecule has 5 nitrogen and oxygen atoms in total. The van der Waals surface area contributed by atoms with Gasteiger partial charge in [-0.2, -0.15) is 0 Å². The average Bonchev–Trinajstić information content (AvgIpc) is 3.09. The number of thiazole rings is 1. The van der Waals surface area contributed by atoms with Crippen molar-refractivity contribution in [2.45, 2.75) is 12.5 Å². The summed E-state index contributed by atoms with van der Waals surface area (Å²) in [6, 6.07) is 3.74. The Hall–Kier alpha value is -1.08. The number of halogens is 2. The maximum atomic E-state index is 12.2. The maximum absolute atomic E-state index is 12.2. The number of furan rings is 1. The predicted octanol–water partition coefficient (Wildman–Crippen LogP) is 2.42. The third kappa shape index (κ3) is 3.32. The Labute approximate surface area is 133 Å². The fraction of sp³-hybridized carbons (Fsp3) is 0.333. The topological polar surface area (TPSA) is 72.4 Å². The molecular formula is C12H15Cl2N3O2S. The number of nitrogens with two attached hydrogens (primary N) is 1. The van der Waals surface area contributed by atoms with Crippen LogP contribution in [0, 0.1) is 0 Å². The highest BCUT2D eigenvalue weighted by molar-refractivity contribution is 7.16. The lowest BCUT2D eigenvalue weighted by molar-refractivity contribution is 0.0795. The summed E-state index contributed by atoms with van der Waals surface area (Å²) in [6.45, 7) is 1.36. The number of hydrogen-bond donors (Lipinski definition) is 1. The minimum Gasteiger partial charge on any atom is -0.462 e. The van der Waals surface area contributed by atoms with Gasteiger partial charge in [-0.05, 0) is 18.6 Å². The first kappa shape index (κ1) is 17.0. The molecule has 110 valence electrons. The summed E-state index contributed by atoms with van der Waals surface area (Å²) in [5.74, 6) is 0.704. The summed E-state index contributed by atoms with van der Waals surface area (Å²) in [5.41, 5.74) is 5.80. The summed E-state index contributed by atoms with van der Waals surface area (Å²) in [4.78, 5) is 18.8. The van der Waals surface area contributed by atoms with Crippen LogP contribution < -0.4 is 5.73 Å². The summed E-state index contributed by atoms with van der Waals surface area (Å²) >= 11 is 1.35. The first-order valence-electron chi connectivity index (χ1n) is 5.78. The Morgan fingerprint density at radius 1 is 1.50 bits per heavy atom. The van der Waals surface area contributed by atoms with Crippen molar-refractivity contribution >= 4 is 42.1 Å². The van der Waals surface area contributed by atoms with Gasteiger partial charge in [-0.15, -0.1) is 36.2 Å². The highest BCUT2D eigenvalue weighted by atomic mass is 35.5. The molecular weight excluding hydrogens is 321 g/mol. The summed E-state index contributed by atoms with van der Waals surface area (Å²) < 4.78 is 5.26. The lowest BCUT2D eigenvalue weighted by atomic mass is 10.3. The molecule has 1 fully saturated rings. The fourth-order valence-corrected chi connectivity index (χ4v) is 2.87. The van der Waals surface area contributed by atoms with Gasteiger partial charge in [0.05, 0.1) is 12.5 Å². The molecule has 0 aliphatic carbocycles. The standard InChI is InChI=1S/C12H13N3O2S.2ClH/c13-8-3-4-15(7-8)12(16)10-6-14-11(18-10)9-2-1-5-17-9;;/h1-2,5-6,8H,3-4,7,13H2;2*1H/t8-;;/m1../s1. The van der Waals surface area contributed by atoms with E-state index in [1.165, 1.54) is 11.3 Å². The zero-order valence-corrected chi connectivity index (χ0v) is 13.0. The van der Waals surface area contributed by atoms with Gasteiger partial charge in [0.15, 0.2) is 10.8 Å². The maximum Gasteiger partial charge on any atom is 0.265 e. The van der Waals surface area contributed by atoms with Crippen LogP contribution in [0.3, 0.4) is 0 Å². The van der Waals surface area contributed by atoms with Crippen LogP contribution in [0.4, 0.5) is 0 Å². The quantitative estimate of drug-likeness (QED) is 0.914. The lowest BCUT2D eigenvalue weighted by Gasteiger charge is -2.13. The second kappa shape index (κ2) is 7.08. The highest BCUT2D eigenvalue weighted by Crippen LogP contribution is 2.26. The Balaban J connectivity index is 0.000001000. The Bertz CT molecular complexity index is 559. The van der Waals surface area contributed by atoms with Gasteiger partial charge in [-0.25, -0.2) is 4.98 Å². The molecule has 0 bridgehead atoms. The van der Waals surface area contributed by atoms with E-state index in [-0.39, 0.29) is 36.8 Å². The molecule has 0 aromatic carbocycles. The molecule has 1 amide bonds. The van der Waals surface area contributed by atoms with E-state index < -0.39 is 0 Å². The number of nitrogens with zero attached hydrogens (tertiary/aromatic N) is 2. The second-order valence-corrected chi connectivity index (χ2v) is 5.34. The molecule has 2 N–H and O–H groups in total. The molecule has 3 heterocycles. The van der Waals surface area contributed by atoms with Crippen molar-refractivity contribution in [2.75, 3.05) is 13.1 Å². The molecule has 1 aliphatic heterocycles. The molecule has 1 aliphatic rings. The SMILES string of the molecule is Cl.Cl.N[C@@H]1CCN(C(=O)c2cnc(-c3ccco3)s2)C1. The molecule has 0 unspecified atom stereocenters. The lowest BCUT2D eigenvalue weighted by Crippen LogP contribution is -2.31. The second-order valence-electron chi connectivity index (χ2n) is 4.31. The van der Waals surface area contributed by atoms with E-state index in [9.17, 15) is 4.79 Å². The van der Waals surface area contributed by atoms with Crippen LogP contribution >= 0.6 is 36.2 Å². The van der Waals surface area contributed by atoms with Gasteiger partial charge in [0.1, 0.15) is 4.88 Å². The first-order valence-corrected chi connectivity index (χ1v) is 6.60. The van der Waals surface area contributed by atoms with Gasteiger partial charge in [-0.3, -0.25) is 4.79 Å². The Morgan fingerprint density at radius 3 is 2.90 bits per heavy atom.